The average molecular weight is 214 g/mol. The van der Waals surface area contributed by atoms with Crippen LogP contribution in [-0.4, -0.2) is 11.7 Å². The molecule has 1 nitrogen and oxygen atoms in total. The first kappa shape index (κ1) is 15.0. The maximum Gasteiger partial charge on any atom is 0.0459 e. The highest BCUT2D eigenvalue weighted by Gasteiger charge is 2.07. The second-order valence-electron chi connectivity index (χ2n) is 5.22. The Labute approximate surface area is 96.3 Å². The number of aliphatic hydroxyl groups excluding tert-OH is 1. The number of aliphatic hydroxyl groups is 1. The molecule has 0 saturated carbocycles. The zero-order chi connectivity index (χ0) is 11.5. The lowest BCUT2D eigenvalue weighted by Gasteiger charge is -2.15. The first-order valence-corrected chi connectivity index (χ1v) is 6.81. The van der Waals surface area contributed by atoms with E-state index in [1.54, 1.807) is 0 Å². The van der Waals surface area contributed by atoms with E-state index in [1.165, 1.54) is 51.4 Å². The molecule has 0 bridgehead atoms. The van der Waals surface area contributed by atoms with Crippen LogP contribution in [0.15, 0.2) is 0 Å². The predicted octanol–water partition coefficient (Wildman–Crippen LogP) is 4.39. The fourth-order valence-electron chi connectivity index (χ4n) is 1.93. The molecule has 15 heavy (non-hydrogen) atoms. The Balaban J connectivity index is 3.36. The Kier molecular flexibility index (Phi) is 10.4. The molecular formula is C14H30O. The Hall–Kier alpha value is -0.0400. The van der Waals surface area contributed by atoms with Crippen LogP contribution in [0.3, 0.4) is 0 Å². The van der Waals surface area contributed by atoms with Gasteiger partial charge in [-0.25, -0.2) is 0 Å². The summed E-state index contributed by atoms with van der Waals surface area (Å²) in [7, 11) is 0. The third kappa shape index (κ3) is 10.2. The van der Waals surface area contributed by atoms with Gasteiger partial charge in [0.25, 0.3) is 0 Å². The topological polar surface area (TPSA) is 20.2 Å². The second-order valence-corrected chi connectivity index (χ2v) is 5.22. The first-order valence-electron chi connectivity index (χ1n) is 6.81. The summed E-state index contributed by atoms with van der Waals surface area (Å²) in [5, 5.41) is 9.24. The molecule has 0 aliphatic heterocycles. The Morgan fingerprint density at radius 3 is 2.07 bits per heavy atom. The van der Waals surface area contributed by atoms with Gasteiger partial charge in [0.05, 0.1) is 0 Å². The quantitative estimate of drug-likeness (QED) is 0.535. The minimum Gasteiger partial charge on any atom is -0.396 e. The smallest absolute Gasteiger partial charge is 0.0459 e. The highest BCUT2D eigenvalue weighted by molar-refractivity contribution is 4.60. The summed E-state index contributed by atoms with van der Waals surface area (Å²) in [4.78, 5) is 0. The summed E-state index contributed by atoms with van der Waals surface area (Å²) in [6.45, 7) is 7.16. The third-order valence-electron chi connectivity index (χ3n) is 3.13. The molecule has 0 aromatic rings. The highest BCUT2D eigenvalue weighted by atomic mass is 16.3. The van der Waals surface area contributed by atoms with Gasteiger partial charge in [0.15, 0.2) is 0 Å². The van der Waals surface area contributed by atoms with Gasteiger partial charge >= 0.3 is 0 Å². The van der Waals surface area contributed by atoms with Crippen molar-refractivity contribution in [1.29, 1.82) is 0 Å². The normalized spacial score (nSPS) is 13.4. The van der Waals surface area contributed by atoms with E-state index in [1.807, 2.05) is 0 Å². The van der Waals surface area contributed by atoms with Crippen molar-refractivity contribution in [2.45, 2.75) is 72.1 Å². The van der Waals surface area contributed by atoms with Crippen LogP contribution in [0, 0.1) is 11.8 Å². The van der Waals surface area contributed by atoms with Crippen molar-refractivity contribution >= 4 is 0 Å². The van der Waals surface area contributed by atoms with E-state index in [2.05, 4.69) is 20.8 Å². The SMILES string of the molecule is CCCCCCCC(CO)CCC(C)C. The van der Waals surface area contributed by atoms with Crippen molar-refractivity contribution in [3.05, 3.63) is 0 Å². The first-order chi connectivity index (χ1) is 7.20. The average Bonchev–Trinajstić information content (AvgIpc) is 2.22. The van der Waals surface area contributed by atoms with Crippen molar-refractivity contribution in [1.82, 2.24) is 0 Å². The molecular weight excluding hydrogens is 184 g/mol. The van der Waals surface area contributed by atoms with E-state index in [4.69, 9.17) is 0 Å². The van der Waals surface area contributed by atoms with Crippen LogP contribution in [0.5, 0.6) is 0 Å². The van der Waals surface area contributed by atoms with E-state index in [0.29, 0.717) is 12.5 Å². The number of hydrogen-bond donors (Lipinski definition) is 1. The van der Waals surface area contributed by atoms with Crippen molar-refractivity contribution in [3.8, 4) is 0 Å². The van der Waals surface area contributed by atoms with Gasteiger partial charge < -0.3 is 5.11 Å². The number of hydrogen-bond acceptors (Lipinski definition) is 1. The molecule has 1 unspecified atom stereocenters. The van der Waals surface area contributed by atoms with Crippen molar-refractivity contribution < 1.29 is 5.11 Å². The molecule has 0 saturated heterocycles. The molecule has 1 heteroatoms. The van der Waals surface area contributed by atoms with E-state index in [0.717, 1.165) is 5.92 Å². The van der Waals surface area contributed by atoms with Crippen molar-refractivity contribution in [3.63, 3.8) is 0 Å². The molecule has 1 N–H and O–H groups in total. The van der Waals surface area contributed by atoms with Gasteiger partial charge in [-0.3, -0.25) is 0 Å². The van der Waals surface area contributed by atoms with Gasteiger partial charge in [-0.05, 0) is 24.7 Å². The fourth-order valence-corrected chi connectivity index (χ4v) is 1.93. The zero-order valence-electron chi connectivity index (χ0n) is 11.0. The molecule has 0 aliphatic rings. The van der Waals surface area contributed by atoms with Crippen molar-refractivity contribution in [2.24, 2.45) is 11.8 Å². The van der Waals surface area contributed by atoms with Gasteiger partial charge in [-0.1, -0.05) is 59.3 Å². The summed E-state index contributed by atoms with van der Waals surface area (Å²) < 4.78 is 0. The molecule has 0 amide bonds. The van der Waals surface area contributed by atoms with E-state index >= 15 is 0 Å². The monoisotopic (exact) mass is 214 g/mol. The largest absolute Gasteiger partial charge is 0.396 e. The molecule has 0 radical (unpaired) electrons. The van der Waals surface area contributed by atoms with Gasteiger partial charge in [0.1, 0.15) is 0 Å². The van der Waals surface area contributed by atoms with Gasteiger partial charge in [-0.15, -0.1) is 0 Å². The van der Waals surface area contributed by atoms with Crippen LogP contribution in [0.2, 0.25) is 0 Å². The van der Waals surface area contributed by atoms with E-state index < -0.39 is 0 Å². The predicted molar refractivity (Wildman–Crippen MR) is 68.0 cm³/mol. The summed E-state index contributed by atoms with van der Waals surface area (Å²) in [5.41, 5.74) is 0. The molecule has 0 spiro atoms. The maximum absolute atomic E-state index is 9.24. The molecule has 0 rings (SSSR count). The van der Waals surface area contributed by atoms with E-state index in [-0.39, 0.29) is 0 Å². The van der Waals surface area contributed by atoms with Crippen LogP contribution >= 0.6 is 0 Å². The van der Waals surface area contributed by atoms with Gasteiger partial charge in [0.2, 0.25) is 0 Å². The summed E-state index contributed by atoms with van der Waals surface area (Å²) >= 11 is 0. The minimum atomic E-state index is 0.389. The minimum absolute atomic E-state index is 0.389. The molecule has 0 heterocycles. The highest BCUT2D eigenvalue weighted by Crippen LogP contribution is 2.18. The van der Waals surface area contributed by atoms with Crippen LogP contribution in [-0.2, 0) is 0 Å². The van der Waals surface area contributed by atoms with Crippen LogP contribution < -0.4 is 0 Å². The lowest BCUT2D eigenvalue weighted by Crippen LogP contribution is -2.07. The molecule has 0 aliphatic carbocycles. The lowest BCUT2D eigenvalue weighted by molar-refractivity contribution is 0.201. The van der Waals surface area contributed by atoms with Crippen LogP contribution in [0.4, 0.5) is 0 Å². The lowest BCUT2D eigenvalue weighted by atomic mass is 9.93. The maximum atomic E-state index is 9.24. The second kappa shape index (κ2) is 10.5. The Bertz CT molecular complexity index is 121. The van der Waals surface area contributed by atoms with Gasteiger partial charge in [-0.2, -0.15) is 0 Å². The van der Waals surface area contributed by atoms with Crippen molar-refractivity contribution in [2.75, 3.05) is 6.61 Å². The standard InChI is InChI=1S/C14H30O/c1-4-5-6-7-8-9-14(12-15)11-10-13(2)3/h13-15H,4-12H2,1-3H3. The Morgan fingerprint density at radius 1 is 0.867 bits per heavy atom. The molecule has 92 valence electrons. The zero-order valence-corrected chi connectivity index (χ0v) is 11.0. The number of rotatable bonds is 10. The molecule has 1 atom stereocenters. The third-order valence-corrected chi connectivity index (χ3v) is 3.13. The summed E-state index contributed by atoms with van der Waals surface area (Å²) in [5.74, 6) is 1.34. The van der Waals surface area contributed by atoms with Crippen LogP contribution in [0.25, 0.3) is 0 Å². The fraction of sp³-hybridized carbons (Fsp3) is 1.00. The Morgan fingerprint density at radius 2 is 1.53 bits per heavy atom. The molecule has 0 fully saturated rings. The number of unbranched alkanes of at least 4 members (excludes halogenated alkanes) is 4. The van der Waals surface area contributed by atoms with Gasteiger partial charge in [0, 0.05) is 6.61 Å². The molecule has 0 aromatic heterocycles. The van der Waals surface area contributed by atoms with Crippen LogP contribution in [0.1, 0.15) is 72.1 Å². The van der Waals surface area contributed by atoms with E-state index in [9.17, 15) is 5.11 Å². The molecule has 0 aromatic carbocycles. The summed E-state index contributed by atoms with van der Waals surface area (Å²) in [6, 6.07) is 0. The summed E-state index contributed by atoms with van der Waals surface area (Å²) in [6.07, 6.45) is 10.4.